The Labute approximate surface area is 54.7 Å². The molecular weight excluding hydrogens is 114 g/mol. The summed E-state index contributed by atoms with van der Waals surface area (Å²) in [6, 6.07) is 0.0489. The van der Waals surface area contributed by atoms with E-state index in [1.165, 1.54) is 0 Å². The maximum absolute atomic E-state index is 8.63. The van der Waals surface area contributed by atoms with E-state index < -0.39 is 0 Å². The summed E-state index contributed by atoms with van der Waals surface area (Å²) >= 11 is 0. The van der Waals surface area contributed by atoms with Crippen molar-refractivity contribution in [1.29, 1.82) is 0 Å². The summed E-state index contributed by atoms with van der Waals surface area (Å²) in [6.45, 7) is 0.180. The summed E-state index contributed by atoms with van der Waals surface area (Å²) in [5.74, 6) is 0.185. The highest BCUT2D eigenvalue weighted by molar-refractivity contribution is 5.15. The molecule has 0 aromatic rings. The Balaban J connectivity index is 2.48. The van der Waals surface area contributed by atoms with E-state index in [0.717, 1.165) is 0 Å². The van der Waals surface area contributed by atoms with E-state index in [9.17, 15) is 0 Å². The highest BCUT2D eigenvalue weighted by atomic mass is 16.3. The van der Waals surface area contributed by atoms with Gasteiger partial charge in [0.1, 0.15) is 0 Å². The van der Waals surface area contributed by atoms with Crippen molar-refractivity contribution in [2.45, 2.75) is 6.04 Å². The minimum Gasteiger partial charge on any atom is -0.395 e. The molecule has 0 bridgehead atoms. The summed E-state index contributed by atoms with van der Waals surface area (Å²) in [7, 11) is 0. The van der Waals surface area contributed by atoms with E-state index in [4.69, 9.17) is 10.8 Å². The number of rotatable bonds is 1. The lowest BCUT2D eigenvalue weighted by atomic mass is 10.0. The highest BCUT2D eigenvalue weighted by Gasteiger charge is 2.03. The van der Waals surface area contributed by atoms with E-state index >= 15 is 0 Å². The second-order valence-electron chi connectivity index (χ2n) is 2.19. The Morgan fingerprint density at radius 3 is 2.22 bits per heavy atom. The number of aliphatic hydroxyl groups excluding tert-OH is 1. The van der Waals surface area contributed by atoms with E-state index in [0.29, 0.717) is 0 Å². The third kappa shape index (κ3) is 1.66. The Bertz CT molecular complexity index is 126. The second-order valence-corrected chi connectivity index (χ2v) is 2.19. The van der Waals surface area contributed by atoms with Gasteiger partial charge in [0, 0.05) is 12.0 Å². The monoisotopic (exact) mass is 125 g/mol. The van der Waals surface area contributed by atoms with Crippen molar-refractivity contribution in [3.05, 3.63) is 24.3 Å². The Hall–Kier alpha value is -0.600. The van der Waals surface area contributed by atoms with Crippen LogP contribution in [-0.2, 0) is 0 Å². The van der Waals surface area contributed by atoms with Crippen LogP contribution >= 0.6 is 0 Å². The fraction of sp³-hybridized carbons (Fsp3) is 0.429. The molecule has 0 unspecified atom stereocenters. The van der Waals surface area contributed by atoms with Gasteiger partial charge in [-0.15, -0.1) is 0 Å². The number of nitrogens with two attached hydrogens (primary N) is 1. The van der Waals surface area contributed by atoms with Crippen LogP contribution in [-0.4, -0.2) is 17.8 Å². The van der Waals surface area contributed by atoms with Crippen LogP contribution in [0.5, 0.6) is 0 Å². The van der Waals surface area contributed by atoms with Gasteiger partial charge in [-0.2, -0.15) is 0 Å². The lowest BCUT2D eigenvalue weighted by Crippen LogP contribution is -2.17. The van der Waals surface area contributed by atoms with Crippen molar-refractivity contribution < 1.29 is 5.11 Å². The molecule has 0 aliphatic heterocycles. The number of hydrogen-bond donors (Lipinski definition) is 2. The molecular formula is C7H11NO. The molecule has 1 aliphatic carbocycles. The van der Waals surface area contributed by atoms with Gasteiger partial charge < -0.3 is 10.8 Å². The maximum atomic E-state index is 8.63. The molecule has 0 atom stereocenters. The van der Waals surface area contributed by atoms with Crippen molar-refractivity contribution >= 4 is 0 Å². The zero-order valence-corrected chi connectivity index (χ0v) is 5.20. The fourth-order valence-corrected chi connectivity index (χ4v) is 0.792. The molecule has 0 fully saturated rings. The van der Waals surface area contributed by atoms with Gasteiger partial charge in [0.15, 0.2) is 0 Å². The molecule has 0 aromatic carbocycles. The maximum Gasteiger partial charge on any atom is 0.0528 e. The van der Waals surface area contributed by atoms with Gasteiger partial charge in [-0.05, 0) is 0 Å². The first-order chi connectivity index (χ1) is 4.33. The van der Waals surface area contributed by atoms with Crippen molar-refractivity contribution in [3.8, 4) is 0 Å². The Kier molecular flexibility index (Phi) is 2.03. The molecule has 2 nitrogen and oxygen atoms in total. The molecule has 3 N–H and O–H groups in total. The highest BCUT2D eigenvalue weighted by Crippen LogP contribution is 2.06. The van der Waals surface area contributed by atoms with Gasteiger partial charge in [-0.3, -0.25) is 0 Å². The first kappa shape index (κ1) is 6.52. The van der Waals surface area contributed by atoms with Gasteiger partial charge in [-0.25, -0.2) is 0 Å². The molecule has 0 aromatic heterocycles. The SMILES string of the molecule is NC1C=CC(CO)C=C1. The summed E-state index contributed by atoms with van der Waals surface area (Å²) in [6.07, 6.45) is 7.62. The van der Waals surface area contributed by atoms with Gasteiger partial charge in [-0.1, -0.05) is 24.3 Å². The molecule has 0 saturated carbocycles. The van der Waals surface area contributed by atoms with Crippen molar-refractivity contribution in [3.63, 3.8) is 0 Å². The van der Waals surface area contributed by atoms with Crippen LogP contribution in [0.25, 0.3) is 0 Å². The van der Waals surface area contributed by atoms with E-state index in [1.807, 2.05) is 24.3 Å². The summed E-state index contributed by atoms with van der Waals surface area (Å²) in [5.41, 5.74) is 5.50. The molecule has 2 heteroatoms. The molecule has 0 radical (unpaired) electrons. The summed E-state index contributed by atoms with van der Waals surface area (Å²) in [5, 5.41) is 8.63. The largest absolute Gasteiger partial charge is 0.395 e. The average Bonchev–Trinajstić information content (AvgIpc) is 1.90. The summed E-state index contributed by atoms with van der Waals surface area (Å²) in [4.78, 5) is 0. The predicted molar refractivity (Wildman–Crippen MR) is 36.8 cm³/mol. The first-order valence-corrected chi connectivity index (χ1v) is 3.06. The van der Waals surface area contributed by atoms with Crippen LogP contribution in [0.3, 0.4) is 0 Å². The van der Waals surface area contributed by atoms with Crippen LogP contribution in [0, 0.1) is 5.92 Å². The smallest absolute Gasteiger partial charge is 0.0528 e. The molecule has 9 heavy (non-hydrogen) atoms. The van der Waals surface area contributed by atoms with E-state index in [-0.39, 0.29) is 18.6 Å². The number of aliphatic hydroxyl groups is 1. The zero-order chi connectivity index (χ0) is 6.69. The lowest BCUT2D eigenvalue weighted by Gasteiger charge is -2.09. The molecule has 1 rings (SSSR count). The average molecular weight is 125 g/mol. The molecule has 0 saturated heterocycles. The minimum atomic E-state index is 0.0489. The van der Waals surface area contributed by atoms with Crippen LogP contribution in [0.4, 0.5) is 0 Å². The van der Waals surface area contributed by atoms with E-state index in [1.54, 1.807) is 0 Å². The quantitative estimate of drug-likeness (QED) is 0.486. The molecule has 0 spiro atoms. The third-order valence-electron chi connectivity index (χ3n) is 1.37. The van der Waals surface area contributed by atoms with Crippen LogP contribution < -0.4 is 5.73 Å². The Morgan fingerprint density at radius 1 is 1.22 bits per heavy atom. The van der Waals surface area contributed by atoms with Gasteiger partial charge in [0.2, 0.25) is 0 Å². The van der Waals surface area contributed by atoms with Crippen molar-refractivity contribution in [2.24, 2.45) is 11.7 Å². The fourth-order valence-electron chi connectivity index (χ4n) is 0.792. The van der Waals surface area contributed by atoms with Gasteiger partial charge in [0.05, 0.1) is 6.61 Å². The second kappa shape index (κ2) is 2.80. The third-order valence-corrected chi connectivity index (χ3v) is 1.37. The Morgan fingerprint density at radius 2 is 1.78 bits per heavy atom. The standard InChI is InChI=1S/C7H11NO/c8-7-3-1-6(5-9)2-4-7/h1-4,6-7,9H,5,8H2. The van der Waals surface area contributed by atoms with Crippen LogP contribution in [0.15, 0.2) is 24.3 Å². The van der Waals surface area contributed by atoms with E-state index in [2.05, 4.69) is 0 Å². The predicted octanol–water partition coefficient (Wildman–Crippen LogP) is 0.0482. The molecule has 50 valence electrons. The van der Waals surface area contributed by atoms with Crippen LogP contribution in [0.2, 0.25) is 0 Å². The van der Waals surface area contributed by atoms with Crippen molar-refractivity contribution in [2.75, 3.05) is 6.61 Å². The molecule has 0 amide bonds. The topological polar surface area (TPSA) is 46.2 Å². The lowest BCUT2D eigenvalue weighted by molar-refractivity contribution is 0.273. The van der Waals surface area contributed by atoms with Gasteiger partial charge >= 0.3 is 0 Å². The number of hydrogen-bond acceptors (Lipinski definition) is 2. The molecule has 0 heterocycles. The van der Waals surface area contributed by atoms with Crippen molar-refractivity contribution in [1.82, 2.24) is 0 Å². The zero-order valence-electron chi connectivity index (χ0n) is 5.20. The minimum absolute atomic E-state index is 0.0489. The molecule has 1 aliphatic rings. The normalized spacial score (nSPS) is 33.1. The first-order valence-electron chi connectivity index (χ1n) is 3.06. The summed E-state index contributed by atoms with van der Waals surface area (Å²) < 4.78 is 0. The van der Waals surface area contributed by atoms with Crippen LogP contribution in [0.1, 0.15) is 0 Å². The van der Waals surface area contributed by atoms with Gasteiger partial charge in [0.25, 0.3) is 0 Å².